The first-order valence-corrected chi connectivity index (χ1v) is 8.35. The van der Waals surface area contributed by atoms with Crippen molar-refractivity contribution in [1.82, 2.24) is 20.3 Å². The van der Waals surface area contributed by atoms with E-state index in [0.717, 1.165) is 16.6 Å². The number of carbonyl (C=O) groups is 2. The Morgan fingerprint density at radius 3 is 2.70 bits per heavy atom. The number of amides is 1. The monoisotopic (exact) mass is 363 g/mol. The number of fused-ring (bicyclic) bond motifs is 1. The van der Waals surface area contributed by atoms with E-state index in [9.17, 15) is 9.59 Å². The highest BCUT2D eigenvalue weighted by molar-refractivity contribution is 5.91. The van der Waals surface area contributed by atoms with Crippen LogP contribution in [0.15, 0.2) is 48.5 Å². The van der Waals surface area contributed by atoms with Gasteiger partial charge in [-0.3, -0.25) is 4.79 Å². The zero-order valence-corrected chi connectivity index (χ0v) is 14.5. The topological polar surface area (TPSA) is 110 Å². The van der Waals surface area contributed by atoms with Gasteiger partial charge in [0, 0.05) is 6.54 Å². The van der Waals surface area contributed by atoms with E-state index in [-0.39, 0.29) is 19.6 Å². The lowest BCUT2D eigenvalue weighted by atomic mass is 10.1. The van der Waals surface area contributed by atoms with Gasteiger partial charge in [0.1, 0.15) is 5.52 Å². The van der Waals surface area contributed by atoms with Crippen molar-refractivity contribution in [2.45, 2.75) is 13.0 Å². The van der Waals surface area contributed by atoms with Crippen LogP contribution >= 0.6 is 0 Å². The molecule has 2 aromatic carbocycles. The summed E-state index contributed by atoms with van der Waals surface area (Å²) in [6.07, 6.45) is 0.211. The Hall–Kier alpha value is -3.73. The van der Waals surface area contributed by atoms with Crippen molar-refractivity contribution in [1.29, 1.82) is 5.26 Å². The summed E-state index contributed by atoms with van der Waals surface area (Å²) in [4.78, 5) is 23.5. The van der Waals surface area contributed by atoms with Crippen LogP contribution in [0.25, 0.3) is 11.0 Å². The van der Waals surface area contributed by atoms with Gasteiger partial charge in [0.25, 0.3) is 5.91 Å². The van der Waals surface area contributed by atoms with Crippen LogP contribution in [-0.4, -0.2) is 40.0 Å². The van der Waals surface area contributed by atoms with Crippen LogP contribution in [-0.2, 0) is 16.1 Å². The van der Waals surface area contributed by atoms with Gasteiger partial charge in [-0.2, -0.15) is 5.26 Å². The molecule has 0 aliphatic carbocycles. The summed E-state index contributed by atoms with van der Waals surface area (Å²) in [5, 5.41) is 19.1. The minimum absolute atomic E-state index is 0.211. The first kappa shape index (κ1) is 18.1. The Morgan fingerprint density at radius 1 is 1.15 bits per heavy atom. The van der Waals surface area contributed by atoms with E-state index in [4.69, 9.17) is 10.00 Å². The molecule has 0 bridgehead atoms. The molecule has 1 aromatic heterocycles. The molecular formula is C19H17N5O3. The Labute approximate surface area is 155 Å². The zero-order valence-electron chi connectivity index (χ0n) is 14.5. The van der Waals surface area contributed by atoms with Crippen LogP contribution in [0.3, 0.4) is 0 Å². The molecule has 0 spiro atoms. The van der Waals surface area contributed by atoms with Gasteiger partial charge in [-0.15, -0.1) is 5.10 Å². The van der Waals surface area contributed by atoms with E-state index in [1.165, 1.54) is 0 Å². The third kappa shape index (κ3) is 4.67. The maximum atomic E-state index is 12.0. The third-order valence-corrected chi connectivity index (χ3v) is 3.84. The number of para-hydroxylation sites is 1. The predicted octanol–water partition coefficient (Wildman–Crippen LogP) is 1.67. The molecule has 0 saturated carbocycles. The molecule has 0 unspecified atom stereocenters. The second-order valence-electron chi connectivity index (χ2n) is 5.77. The molecule has 0 aliphatic rings. The Kier molecular flexibility index (Phi) is 5.74. The molecule has 27 heavy (non-hydrogen) atoms. The summed E-state index contributed by atoms with van der Waals surface area (Å²) in [6.45, 7) is 0.382. The van der Waals surface area contributed by atoms with Gasteiger partial charge in [-0.25, -0.2) is 9.48 Å². The number of rotatable bonds is 7. The fourth-order valence-corrected chi connectivity index (χ4v) is 2.48. The van der Waals surface area contributed by atoms with Gasteiger partial charge in [0.2, 0.25) is 0 Å². The van der Waals surface area contributed by atoms with Crippen molar-refractivity contribution < 1.29 is 14.3 Å². The standard InChI is InChI=1S/C19H17N5O3/c20-10-3-11-21-18(25)13-27-19(26)15-8-6-14(7-9-15)12-24-17-5-2-1-4-16(17)22-23-24/h1-2,4-9H,3,11-13H2,(H,21,25). The van der Waals surface area contributed by atoms with Crippen molar-refractivity contribution in [3.05, 3.63) is 59.7 Å². The first-order chi connectivity index (χ1) is 13.2. The molecule has 0 aliphatic heterocycles. The van der Waals surface area contributed by atoms with Gasteiger partial charge >= 0.3 is 5.97 Å². The van der Waals surface area contributed by atoms with Gasteiger partial charge in [-0.1, -0.05) is 29.5 Å². The van der Waals surface area contributed by atoms with Crippen molar-refractivity contribution in [2.24, 2.45) is 0 Å². The van der Waals surface area contributed by atoms with Crippen LogP contribution in [0.4, 0.5) is 0 Å². The summed E-state index contributed by atoms with van der Waals surface area (Å²) < 4.78 is 6.75. The average molecular weight is 363 g/mol. The molecule has 8 nitrogen and oxygen atoms in total. The quantitative estimate of drug-likeness (QED) is 0.505. The second kappa shape index (κ2) is 8.58. The number of carbonyl (C=O) groups excluding carboxylic acids is 2. The molecule has 0 radical (unpaired) electrons. The van der Waals surface area contributed by atoms with Gasteiger partial charge in [-0.05, 0) is 29.8 Å². The minimum Gasteiger partial charge on any atom is -0.452 e. The number of hydrogen-bond acceptors (Lipinski definition) is 6. The van der Waals surface area contributed by atoms with E-state index in [2.05, 4.69) is 15.6 Å². The fourth-order valence-electron chi connectivity index (χ4n) is 2.48. The van der Waals surface area contributed by atoms with Crippen LogP contribution in [0.5, 0.6) is 0 Å². The number of aromatic nitrogens is 3. The lowest BCUT2D eigenvalue weighted by molar-refractivity contribution is -0.124. The summed E-state index contributed by atoms with van der Waals surface area (Å²) in [5.41, 5.74) is 3.07. The van der Waals surface area contributed by atoms with Crippen LogP contribution in [0.1, 0.15) is 22.3 Å². The summed E-state index contributed by atoms with van der Waals surface area (Å²) in [5.74, 6) is -1.02. The predicted molar refractivity (Wildman–Crippen MR) is 96.6 cm³/mol. The lowest BCUT2D eigenvalue weighted by Gasteiger charge is -2.07. The Balaban J connectivity index is 1.56. The van der Waals surface area contributed by atoms with Crippen LogP contribution in [0, 0.1) is 11.3 Å². The van der Waals surface area contributed by atoms with E-state index < -0.39 is 11.9 Å². The average Bonchev–Trinajstić information content (AvgIpc) is 3.10. The molecule has 3 rings (SSSR count). The van der Waals surface area contributed by atoms with Crippen molar-refractivity contribution in [3.8, 4) is 6.07 Å². The lowest BCUT2D eigenvalue weighted by Crippen LogP contribution is -2.29. The fraction of sp³-hybridized carbons (Fsp3) is 0.211. The molecule has 0 saturated heterocycles. The molecule has 3 aromatic rings. The van der Waals surface area contributed by atoms with Crippen LogP contribution < -0.4 is 5.32 Å². The van der Waals surface area contributed by atoms with Gasteiger partial charge in [0.05, 0.1) is 30.1 Å². The van der Waals surface area contributed by atoms with Gasteiger partial charge in [0.15, 0.2) is 6.61 Å². The Bertz CT molecular complexity index is 988. The summed E-state index contributed by atoms with van der Waals surface area (Å²) >= 11 is 0. The van der Waals surface area contributed by atoms with E-state index in [1.807, 2.05) is 30.3 Å². The normalized spacial score (nSPS) is 10.3. The van der Waals surface area contributed by atoms with Crippen LogP contribution in [0.2, 0.25) is 0 Å². The molecular weight excluding hydrogens is 346 g/mol. The number of hydrogen-bond donors (Lipinski definition) is 1. The highest BCUT2D eigenvalue weighted by Gasteiger charge is 2.10. The van der Waals surface area contributed by atoms with Crippen molar-refractivity contribution >= 4 is 22.9 Å². The number of nitrogens with one attached hydrogen (secondary N) is 1. The van der Waals surface area contributed by atoms with E-state index >= 15 is 0 Å². The number of ether oxygens (including phenoxy) is 1. The maximum Gasteiger partial charge on any atom is 0.338 e. The highest BCUT2D eigenvalue weighted by Crippen LogP contribution is 2.13. The summed E-state index contributed by atoms with van der Waals surface area (Å²) in [6, 6.07) is 16.5. The molecule has 0 atom stereocenters. The molecule has 1 N–H and O–H groups in total. The second-order valence-corrected chi connectivity index (χ2v) is 5.77. The van der Waals surface area contributed by atoms with Crippen molar-refractivity contribution in [3.63, 3.8) is 0 Å². The van der Waals surface area contributed by atoms with E-state index in [1.54, 1.807) is 28.9 Å². The number of benzene rings is 2. The maximum absolute atomic E-state index is 12.0. The highest BCUT2D eigenvalue weighted by atomic mass is 16.5. The minimum atomic E-state index is -0.580. The summed E-state index contributed by atoms with van der Waals surface area (Å²) in [7, 11) is 0. The first-order valence-electron chi connectivity index (χ1n) is 8.35. The molecule has 1 amide bonds. The Morgan fingerprint density at radius 2 is 1.93 bits per heavy atom. The molecule has 1 heterocycles. The zero-order chi connectivity index (χ0) is 19.1. The smallest absolute Gasteiger partial charge is 0.338 e. The third-order valence-electron chi connectivity index (χ3n) is 3.84. The molecule has 0 fully saturated rings. The number of esters is 1. The van der Waals surface area contributed by atoms with E-state index in [0.29, 0.717) is 12.1 Å². The number of nitrogens with zero attached hydrogens (tertiary/aromatic N) is 4. The molecule has 8 heteroatoms. The van der Waals surface area contributed by atoms with Gasteiger partial charge < -0.3 is 10.1 Å². The number of nitriles is 1. The SMILES string of the molecule is N#CCCNC(=O)COC(=O)c1ccc(Cn2nnc3ccccc32)cc1. The largest absolute Gasteiger partial charge is 0.452 e. The molecule has 136 valence electrons. The van der Waals surface area contributed by atoms with Crippen molar-refractivity contribution in [2.75, 3.05) is 13.2 Å².